The SMILES string of the molecule is Cc1cc(/C=C2\SC(=O)N(CC(=O)Nc3ccccc3)C2=O)cc(C)c1O. The Hall–Kier alpha value is -3.06. The molecule has 3 amide bonds. The molecule has 6 nitrogen and oxygen atoms in total. The normalized spacial score (nSPS) is 15.5. The zero-order chi connectivity index (χ0) is 19.6. The number of hydrogen-bond donors (Lipinski definition) is 2. The lowest BCUT2D eigenvalue weighted by atomic mass is 10.1. The van der Waals surface area contributed by atoms with E-state index in [-0.39, 0.29) is 17.2 Å². The van der Waals surface area contributed by atoms with Gasteiger partial charge in [-0.05, 0) is 72.6 Å². The first-order valence-electron chi connectivity index (χ1n) is 8.25. The van der Waals surface area contributed by atoms with Crippen LogP contribution in [0.25, 0.3) is 6.08 Å². The number of imide groups is 1. The summed E-state index contributed by atoms with van der Waals surface area (Å²) in [6, 6.07) is 12.3. The molecule has 1 saturated heterocycles. The van der Waals surface area contributed by atoms with Gasteiger partial charge in [0.15, 0.2) is 0 Å². The minimum atomic E-state index is -0.503. The first kappa shape index (κ1) is 18.7. The van der Waals surface area contributed by atoms with Crippen LogP contribution >= 0.6 is 11.8 Å². The van der Waals surface area contributed by atoms with E-state index in [0.717, 1.165) is 16.7 Å². The number of phenols is 1. The smallest absolute Gasteiger partial charge is 0.294 e. The molecule has 27 heavy (non-hydrogen) atoms. The summed E-state index contributed by atoms with van der Waals surface area (Å²) < 4.78 is 0. The summed E-state index contributed by atoms with van der Waals surface area (Å²) in [4.78, 5) is 38.0. The van der Waals surface area contributed by atoms with Crippen LogP contribution in [0.3, 0.4) is 0 Å². The van der Waals surface area contributed by atoms with Crippen LogP contribution in [0.2, 0.25) is 0 Å². The highest BCUT2D eigenvalue weighted by Gasteiger charge is 2.36. The molecular weight excluding hydrogens is 364 g/mol. The van der Waals surface area contributed by atoms with E-state index in [9.17, 15) is 19.5 Å². The van der Waals surface area contributed by atoms with Crippen molar-refractivity contribution in [3.05, 3.63) is 64.1 Å². The molecule has 1 aliphatic heterocycles. The van der Waals surface area contributed by atoms with Crippen molar-refractivity contribution in [2.45, 2.75) is 13.8 Å². The molecule has 0 radical (unpaired) electrons. The fourth-order valence-electron chi connectivity index (χ4n) is 2.73. The predicted octanol–water partition coefficient (Wildman–Crippen LogP) is 3.68. The van der Waals surface area contributed by atoms with Crippen LogP contribution in [0.1, 0.15) is 16.7 Å². The first-order chi connectivity index (χ1) is 12.8. The van der Waals surface area contributed by atoms with Crippen LogP contribution in [0, 0.1) is 13.8 Å². The van der Waals surface area contributed by atoms with Gasteiger partial charge in [-0.1, -0.05) is 18.2 Å². The standard InChI is InChI=1S/C20H18N2O4S/c1-12-8-14(9-13(2)18(12)24)10-16-19(25)22(20(26)27-16)11-17(23)21-15-6-4-3-5-7-15/h3-10,24H,11H2,1-2H3,(H,21,23)/b16-10-. The summed E-state index contributed by atoms with van der Waals surface area (Å²) in [5.74, 6) is -0.740. The maximum Gasteiger partial charge on any atom is 0.294 e. The maximum absolute atomic E-state index is 12.5. The Morgan fingerprint density at radius 1 is 1.15 bits per heavy atom. The number of aromatic hydroxyl groups is 1. The quantitative estimate of drug-likeness (QED) is 0.788. The van der Waals surface area contributed by atoms with Gasteiger partial charge in [-0.2, -0.15) is 0 Å². The average Bonchev–Trinajstić information content (AvgIpc) is 2.88. The number of phenolic OH excluding ortho intramolecular Hbond substituents is 1. The van der Waals surface area contributed by atoms with E-state index in [2.05, 4.69) is 5.32 Å². The van der Waals surface area contributed by atoms with Crippen molar-refractivity contribution in [1.82, 2.24) is 4.90 Å². The molecule has 0 aliphatic carbocycles. The number of hydrogen-bond acceptors (Lipinski definition) is 5. The van der Waals surface area contributed by atoms with Crippen molar-refractivity contribution >= 4 is 40.6 Å². The van der Waals surface area contributed by atoms with Crippen molar-refractivity contribution in [2.75, 3.05) is 11.9 Å². The number of amides is 3. The minimum absolute atomic E-state index is 0.206. The molecule has 0 spiro atoms. The topological polar surface area (TPSA) is 86.7 Å². The molecule has 0 bridgehead atoms. The van der Waals surface area contributed by atoms with E-state index < -0.39 is 17.1 Å². The van der Waals surface area contributed by atoms with Gasteiger partial charge < -0.3 is 10.4 Å². The second-order valence-electron chi connectivity index (χ2n) is 6.19. The largest absolute Gasteiger partial charge is 0.507 e. The highest BCUT2D eigenvalue weighted by molar-refractivity contribution is 8.18. The number of carbonyl (C=O) groups is 3. The Kier molecular flexibility index (Phi) is 5.32. The zero-order valence-corrected chi connectivity index (χ0v) is 15.7. The van der Waals surface area contributed by atoms with Crippen LogP contribution in [0.15, 0.2) is 47.4 Å². The molecule has 1 heterocycles. The van der Waals surface area contributed by atoms with E-state index in [4.69, 9.17) is 0 Å². The van der Waals surface area contributed by atoms with Crippen molar-refractivity contribution in [3.8, 4) is 5.75 Å². The van der Waals surface area contributed by atoms with Crippen molar-refractivity contribution in [3.63, 3.8) is 0 Å². The zero-order valence-electron chi connectivity index (χ0n) is 14.9. The monoisotopic (exact) mass is 382 g/mol. The van der Waals surface area contributed by atoms with E-state index in [1.807, 2.05) is 6.07 Å². The molecule has 138 valence electrons. The van der Waals surface area contributed by atoms with Crippen molar-refractivity contribution in [1.29, 1.82) is 0 Å². The Morgan fingerprint density at radius 3 is 2.41 bits per heavy atom. The number of anilines is 1. The first-order valence-corrected chi connectivity index (χ1v) is 9.07. The summed E-state index contributed by atoms with van der Waals surface area (Å²) in [5, 5.41) is 12.0. The van der Waals surface area contributed by atoms with Crippen LogP contribution in [-0.4, -0.2) is 33.6 Å². The second kappa shape index (κ2) is 7.67. The van der Waals surface area contributed by atoms with E-state index in [1.54, 1.807) is 56.3 Å². The number of thioether (sulfide) groups is 1. The van der Waals surface area contributed by atoms with Crippen LogP contribution < -0.4 is 5.32 Å². The molecule has 0 atom stereocenters. The molecule has 7 heteroatoms. The molecule has 1 aliphatic rings. The van der Waals surface area contributed by atoms with Gasteiger partial charge in [0, 0.05) is 5.69 Å². The number of nitrogens with zero attached hydrogens (tertiary/aromatic N) is 1. The highest BCUT2D eigenvalue weighted by Crippen LogP contribution is 2.33. The number of rotatable bonds is 4. The van der Waals surface area contributed by atoms with Gasteiger partial charge in [0.2, 0.25) is 5.91 Å². The lowest BCUT2D eigenvalue weighted by Crippen LogP contribution is -2.36. The number of benzene rings is 2. The number of aryl methyl sites for hydroxylation is 2. The fraction of sp³-hybridized carbons (Fsp3) is 0.150. The lowest BCUT2D eigenvalue weighted by molar-refractivity contribution is -0.127. The third-order valence-electron chi connectivity index (χ3n) is 4.04. The van der Waals surface area contributed by atoms with Gasteiger partial charge in [0.1, 0.15) is 12.3 Å². The predicted molar refractivity (Wildman–Crippen MR) is 105 cm³/mol. The Balaban J connectivity index is 1.74. The van der Waals surface area contributed by atoms with E-state index in [1.165, 1.54) is 0 Å². The molecule has 2 aromatic rings. The summed E-state index contributed by atoms with van der Waals surface area (Å²) in [5.41, 5.74) is 2.67. The molecule has 1 fully saturated rings. The molecule has 0 saturated carbocycles. The van der Waals surface area contributed by atoms with Gasteiger partial charge in [-0.15, -0.1) is 0 Å². The third kappa shape index (κ3) is 4.20. The van der Waals surface area contributed by atoms with E-state index in [0.29, 0.717) is 22.4 Å². The van der Waals surface area contributed by atoms with Crippen LogP contribution in [-0.2, 0) is 9.59 Å². The summed E-state index contributed by atoms with van der Waals surface area (Å²) >= 11 is 0.797. The van der Waals surface area contributed by atoms with Crippen LogP contribution in [0.5, 0.6) is 5.75 Å². The average molecular weight is 382 g/mol. The van der Waals surface area contributed by atoms with Crippen LogP contribution in [0.4, 0.5) is 10.5 Å². The molecule has 2 N–H and O–H groups in total. The number of nitrogens with one attached hydrogen (secondary N) is 1. The number of carbonyl (C=O) groups excluding carboxylic acids is 3. The molecular formula is C20H18N2O4S. The van der Waals surface area contributed by atoms with Gasteiger partial charge in [-0.25, -0.2) is 0 Å². The van der Waals surface area contributed by atoms with Gasteiger partial charge in [0.05, 0.1) is 4.91 Å². The Labute approximate surface area is 160 Å². The Bertz CT molecular complexity index is 931. The van der Waals surface area contributed by atoms with Gasteiger partial charge in [0.25, 0.3) is 11.1 Å². The summed E-state index contributed by atoms with van der Waals surface area (Å²) in [6.45, 7) is 3.18. The highest BCUT2D eigenvalue weighted by atomic mass is 32.2. The van der Waals surface area contributed by atoms with Crippen molar-refractivity contribution < 1.29 is 19.5 Å². The summed E-state index contributed by atoms with van der Waals surface area (Å²) in [6.07, 6.45) is 1.60. The van der Waals surface area contributed by atoms with Gasteiger partial charge >= 0.3 is 0 Å². The molecule has 0 unspecified atom stereocenters. The maximum atomic E-state index is 12.5. The van der Waals surface area contributed by atoms with Gasteiger partial charge in [-0.3, -0.25) is 19.3 Å². The molecule has 0 aromatic heterocycles. The molecule has 2 aromatic carbocycles. The number of para-hydroxylation sites is 1. The van der Waals surface area contributed by atoms with Crippen molar-refractivity contribution in [2.24, 2.45) is 0 Å². The molecule has 3 rings (SSSR count). The minimum Gasteiger partial charge on any atom is -0.507 e. The van der Waals surface area contributed by atoms with E-state index >= 15 is 0 Å². The lowest BCUT2D eigenvalue weighted by Gasteiger charge is -2.12. The third-order valence-corrected chi connectivity index (χ3v) is 4.95. The summed E-state index contributed by atoms with van der Waals surface area (Å²) in [7, 11) is 0. The second-order valence-corrected chi connectivity index (χ2v) is 7.18. The fourth-order valence-corrected chi connectivity index (χ4v) is 3.56. The Morgan fingerprint density at radius 2 is 1.78 bits per heavy atom.